The Bertz CT molecular complexity index is 365. The average Bonchev–Trinajstić information content (AvgIpc) is 2.86. The Hall–Kier alpha value is 0.121. The van der Waals surface area contributed by atoms with Crippen LogP contribution in [0.15, 0.2) is 0 Å². The molecule has 1 aliphatic carbocycles. The first-order valence-corrected chi connectivity index (χ1v) is 18.5. The van der Waals surface area contributed by atoms with Crippen molar-refractivity contribution in [1.29, 1.82) is 0 Å². The van der Waals surface area contributed by atoms with E-state index in [4.69, 9.17) is 4.74 Å². The highest BCUT2D eigenvalue weighted by Gasteiger charge is 2.80. The minimum Gasteiger partial charge on any atom is -0.466 e. The van der Waals surface area contributed by atoms with Crippen molar-refractivity contribution in [2.45, 2.75) is 82.0 Å². The first kappa shape index (κ1) is 18.2. The van der Waals surface area contributed by atoms with Crippen molar-refractivity contribution < 1.29 is 9.53 Å². The molecule has 0 aliphatic heterocycles. The SMILES string of the molecule is CCOC(=O)C1([Si](C)(C)C)C([Si](C)(C)C)[C@@H]1[Si](C)(C)C. The van der Waals surface area contributed by atoms with Crippen molar-refractivity contribution in [1.82, 2.24) is 0 Å². The standard InChI is InChI=1S/C15H34O2Si3/c1-11-17-14(16)15(20(8,9)10)12(18(2,3)4)13(15)19(5,6)7/h12-13H,11H2,1-10H3/t12-,13?,15?/m0/s1. The fraction of sp³-hybridized carbons (Fsp3) is 0.933. The first-order chi connectivity index (χ1) is 8.72. The summed E-state index contributed by atoms with van der Waals surface area (Å²) in [5.74, 6) is 0.138. The highest BCUT2D eigenvalue weighted by molar-refractivity contribution is 6.96. The first-order valence-electron chi connectivity index (χ1n) is 7.89. The van der Waals surface area contributed by atoms with Crippen LogP contribution in [0.4, 0.5) is 0 Å². The second-order valence-corrected chi connectivity index (χ2v) is 25.6. The molecule has 118 valence electrons. The van der Waals surface area contributed by atoms with Gasteiger partial charge in [-0.25, -0.2) is 0 Å². The van der Waals surface area contributed by atoms with E-state index in [0.717, 1.165) is 0 Å². The number of esters is 1. The summed E-state index contributed by atoms with van der Waals surface area (Å²) in [4.78, 5) is 12.9. The monoisotopic (exact) mass is 330 g/mol. The summed E-state index contributed by atoms with van der Waals surface area (Å²) in [6.07, 6.45) is 0. The Labute approximate surface area is 128 Å². The smallest absolute Gasteiger partial charge is 0.309 e. The van der Waals surface area contributed by atoms with Gasteiger partial charge in [0.15, 0.2) is 0 Å². The van der Waals surface area contributed by atoms with Gasteiger partial charge in [-0.3, -0.25) is 4.79 Å². The third-order valence-corrected chi connectivity index (χ3v) is 14.5. The zero-order valence-corrected chi connectivity index (χ0v) is 18.2. The van der Waals surface area contributed by atoms with E-state index in [2.05, 4.69) is 58.9 Å². The molecule has 0 bridgehead atoms. The fourth-order valence-corrected chi connectivity index (χ4v) is 21.7. The van der Waals surface area contributed by atoms with E-state index < -0.39 is 24.2 Å². The van der Waals surface area contributed by atoms with Crippen molar-refractivity contribution >= 4 is 30.2 Å². The Balaban J connectivity index is 3.40. The molecule has 0 spiro atoms. The minimum atomic E-state index is -1.62. The van der Waals surface area contributed by atoms with E-state index in [1.807, 2.05) is 6.92 Å². The lowest BCUT2D eigenvalue weighted by Gasteiger charge is -2.33. The molecule has 1 saturated carbocycles. The third kappa shape index (κ3) is 2.73. The molecule has 5 heteroatoms. The van der Waals surface area contributed by atoms with E-state index in [-0.39, 0.29) is 11.0 Å². The molecule has 2 unspecified atom stereocenters. The van der Waals surface area contributed by atoms with Crippen LogP contribution < -0.4 is 0 Å². The normalized spacial score (nSPS) is 31.1. The molecule has 0 saturated heterocycles. The van der Waals surface area contributed by atoms with Gasteiger partial charge in [-0.15, -0.1) is 0 Å². The van der Waals surface area contributed by atoms with Gasteiger partial charge in [-0.05, 0) is 18.0 Å². The van der Waals surface area contributed by atoms with Gasteiger partial charge in [-0.2, -0.15) is 0 Å². The summed E-state index contributed by atoms with van der Waals surface area (Å²) < 4.78 is 5.59. The van der Waals surface area contributed by atoms with Crippen LogP contribution in [-0.4, -0.2) is 36.8 Å². The molecule has 0 N–H and O–H groups in total. The predicted molar refractivity (Wildman–Crippen MR) is 96.9 cm³/mol. The molecule has 0 aromatic rings. The van der Waals surface area contributed by atoms with Crippen LogP contribution in [-0.2, 0) is 9.53 Å². The second kappa shape index (κ2) is 5.09. The summed E-state index contributed by atoms with van der Waals surface area (Å²) in [5.41, 5.74) is 1.26. The number of rotatable bonds is 5. The van der Waals surface area contributed by atoms with Gasteiger partial charge in [0.1, 0.15) is 0 Å². The molecule has 1 aliphatic rings. The zero-order chi connectivity index (χ0) is 16.1. The van der Waals surface area contributed by atoms with Crippen molar-refractivity contribution in [2.24, 2.45) is 0 Å². The van der Waals surface area contributed by atoms with Gasteiger partial charge in [-0.1, -0.05) is 58.9 Å². The molecule has 0 radical (unpaired) electrons. The molecule has 1 rings (SSSR count). The maximum absolute atomic E-state index is 12.9. The highest BCUT2D eigenvalue weighted by Crippen LogP contribution is 2.85. The molecular weight excluding hydrogens is 296 g/mol. The van der Waals surface area contributed by atoms with E-state index >= 15 is 0 Å². The van der Waals surface area contributed by atoms with Crippen LogP contribution in [0, 0.1) is 0 Å². The lowest BCUT2D eigenvalue weighted by Crippen LogP contribution is -2.42. The van der Waals surface area contributed by atoms with Gasteiger partial charge in [0.05, 0.1) is 19.7 Å². The lowest BCUT2D eigenvalue weighted by molar-refractivity contribution is -0.144. The van der Waals surface area contributed by atoms with Gasteiger partial charge in [0.25, 0.3) is 0 Å². The summed E-state index contributed by atoms with van der Waals surface area (Å²) in [6.45, 7) is 24.2. The van der Waals surface area contributed by atoms with Crippen molar-refractivity contribution in [3.8, 4) is 0 Å². The van der Waals surface area contributed by atoms with Crippen molar-refractivity contribution in [3.05, 3.63) is 0 Å². The quantitative estimate of drug-likeness (QED) is 0.520. The topological polar surface area (TPSA) is 26.3 Å². The molecule has 0 amide bonds. The molecule has 20 heavy (non-hydrogen) atoms. The molecule has 0 aromatic carbocycles. The minimum absolute atomic E-state index is 0.0993. The Morgan fingerprint density at radius 1 is 0.900 bits per heavy atom. The van der Waals surface area contributed by atoms with Crippen LogP contribution in [0.1, 0.15) is 6.92 Å². The predicted octanol–water partition coefficient (Wildman–Crippen LogP) is 5.06. The Morgan fingerprint density at radius 3 is 1.45 bits per heavy atom. The van der Waals surface area contributed by atoms with Crippen LogP contribution in [0.5, 0.6) is 0 Å². The van der Waals surface area contributed by atoms with Crippen LogP contribution in [0.3, 0.4) is 0 Å². The summed E-state index contributed by atoms with van der Waals surface area (Å²) in [6, 6.07) is 0. The number of carbonyl (C=O) groups excluding carboxylic acids is 1. The number of carbonyl (C=O) groups is 1. The summed E-state index contributed by atoms with van der Waals surface area (Å²) >= 11 is 0. The number of hydrogen-bond acceptors (Lipinski definition) is 2. The van der Waals surface area contributed by atoms with Gasteiger partial charge >= 0.3 is 5.97 Å². The van der Waals surface area contributed by atoms with Gasteiger partial charge in [0, 0.05) is 16.1 Å². The molecule has 3 atom stereocenters. The Kier molecular flexibility index (Phi) is 4.62. The molecule has 1 fully saturated rings. The van der Waals surface area contributed by atoms with E-state index in [1.165, 1.54) is 0 Å². The van der Waals surface area contributed by atoms with Crippen LogP contribution in [0.25, 0.3) is 0 Å². The number of hydrogen-bond donors (Lipinski definition) is 0. The summed E-state index contributed by atoms with van der Waals surface area (Å²) in [7, 11) is -4.35. The van der Waals surface area contributed by atoms with Crippen molar-refractivity contribution in [3.63, 3.8) is 0 Å². The summed E-state index contributed by atoms with van der Waals surface area (Å²) in [5, 5.41) is -0.0993. The Morgan fingerprint density at radius 2 is 1.25 bits per heavy atom. The lowest BCUT2D eigenvalue weighted by atomic mass is 10.4. The highest BCUT2D eigenvalue weighted by atomic mass is 28.3. The van der Waals surface area contributed by atoms with Crippen LogP contribution in [0.2, 0.25) is 75.0 Å². The van der Waals surface area contributed by atoms with Crippen LogP contribution >= 0.6 is 0 Å². The maximum atomic E-state index is 12.9. The molecule has 0 aromatic heterocycles. The average molecular weight is 331 g/mol. The van der Waals surface area contributed by atoms with Crippen molar-refractivity contribution in [2.75, 3.05) is 6.61 Å². The molecular formula is C15H34O2Si3. The van der Waals surface area contributed by atoms with E-state index in [9.17, 15) is 4.79 Å². The second-order valence-electron chi connectivity index (χ2n) is 9.53. The number of ether oxygens (including phenoxy) is 1. The fourth-order valence-electron chi connectivity index (χ4n) is 4.50. The van der Waals surface area contributed by atoms with Gasteiger partial charge in [0.2, 0.25) is 0 Å². The maximum Gasteiger partial charge on any atom is 0.309 e. The largest absolute Gasteiger partial charge is 0.466 e. The molecule has 0 heterocycles. The third-order valence-electron chi connectivity index (χ3n) is 4.93. The molecule has 2 nitrogen and oxygen atoms in total. The van der Waals surface area contributed by atoms with Gasteiger partial charge < -0.3 is 4.74 Å². The van der Waals surface area contributed by atoms with E-state index in [0.29, 0.717) is 17.7 Å². The van der Waals surface area contributed by atoms with E-state index in [1.54, 1.807) is 0 Å². The zero-order valence-electron chi connectivity index (χ0n) is 15.2.